The molecule has 0 bridgehead atoms. The van der Waals surface area contributed by atoms with Crippen molar-refractivity contribution < 1.29 is 13.2 Å². The lowest BCUT2D eigenvalue weighted by Gasteiger charge is -2.17. The number of nitrogens with two attached hydrogens (primary N) is 2. The Labute approximate surface area is 186 Å². The molecule has 0 unspecified atom stereocenters. The maximum atomic E-state index is 12.9. The van der Waals surface area contributed by atoms with Crippen LogP contribution in [0.4, 0.5) is 19.0 Å². The van der Waals surface area contributed by atoms with Gasteiger partial charge in [0.1, 0.15) is 12.1 Å². The zero-order valence-electron chi connectivity index (χ0n) is 16.6. The van der Waals surface area contributed by atoms with Gasteiger partial charge in [-0.05, 0) is 35.4 Å². The van der Waals surface area contributed by atoms with Crippen LogP contribution in [0.3, 0.4) is 0 Å². The number of nitrogen functional groups attached to an aromatic ring is 1. The van der Waals surface area contributed by atoms with E-state index in [1.54, 1.807) is 29.2 Å². The zero-order chi connectivity index (χ0) is 22.9. The van der Waals surface area contributed by atoms with Crippen molar-refractivity contribution in [1.29, 1.82) is 0 Å². The minimum Gasteiger partial charge on any atom is -0.383 e. The first kappa shape index (κ1) is 21.8. The molecule has 0 aliphatic heterocycles. The first-order chi connectivity index (χ1) is 15.3. The molecule has 0 radical (unpaired) electrons. The number of hydrogen-bond acceptors (Lipinski definition) is 5. The molecule has 0 spiro atoms. The van der Waals surface area contributed by atoms with Crippen LogP contribution in [0.25, 0.3) is 22.4 Å². The van der Waals surface area contributed by atoms with Crippen LogP contribution in [0.5, 0.6) is 0 Å². The van der Waals surface area contributed by atoms with E-state index >= 15 is 0 Å². The average molecular weight is 459 g/mol. The lowest BCUT2D eigenvalue weighted by molar-refractivity contribution is -0.137. The van der Waals surface area contributed by atoms with Crippen LogP contribution in [-0.4, -0.2) is 26.3 Å². The highest BCUT2D eigenvalue weighted by molar-refractivity contribution is 6.30. The van der Waals surface area contributed by atoms with Gasteiger partial charge in [-0.2, -0.15) is 18.3 Å². The van der Waals surface area contributed by atoms with Crippen LogP contribution in [-0.2, 0) is 6.18 Å². The molecule has 0 aliphatic carbocycles. The van der Waals surface area contributed by atoms with E-state index in [0.717, 1.165) is 17.7 Å². The van der Waals surface area contributed by atoms with Crippen molar-refractivity contribution >= 4 is 17.4 Å². The lowest BCUT2D eigenvalue weighted by Crippen LogP contribution is -2.21. The molecule has 2 heterocycles. The standard InChI is InChI=1S/C22H18ClF3N6/c23-17-7-3-14(4-8-17)19-20(29-12-30-21(19)28)15-10-31-32(11-15)18(9-27)13-1-5-16(6-2-13)22(24,25)26/h1-8,10-12,18H,9,27H2,(H2,28,29,30)/t18-/m1/s1. The summed E-state index contributed by atoms with van der Waals surface area (Å²) in [5.74, 6) is 0.295. The normalized spacial score (nSPS) is 12.7. The molecule has 2 aromatic carbocycles. The SMILES string of the molecule is NC[C@H](c1ccc(C(F)(F)F)cc1)n1cc(-c2ncnc(N)c2-c2ccc(Cl)cc2)cn1. The summed E-state index contributed by atoms with van der Waals surface area (Å²) in [6, 6.07) is 11.5. The van der Waals surface area contributed by atoms with Crippen molar-refractivity contribution in [3.05, 3.63) is 83.4 Å². The second kappa shape index (κ2) is 8.60. The molecule has 32 heavy (non-hydrogen) atoms. The number of halogens is 4. The van der Waals surface area contributed by atoms with E-state index in [9.17, 15) is 13.2 Å². The minimum absolute atomic E-state index is 0.141. The number of nitrogens with zero attached hydrogens (tertiary/aromatic N) is 4. The number of benzene rings is 2. The van der Waals surface area contributed by atoms with E-state index in [1.165, 1.54) is 18.5 Å². The van der Waals surface area contributed by atoms with Crippen LogP contribution >= 0.6 is 11.6 Å². The molecule has 0 amide bonds. The van der Waals surface area contributed by atoms with Gasteiger partial charge in [0.15, 0.2) is 0 Å². The summed E-state index contributed by atoms with van der Waals surface area (Å²) in [4.78, 5) is 8.48. The first-order valence-electron chi connectivity index (χ1n) is 9.56. The predicted octanol–water partition coefficient (Wildman–Crippen LogP) is 4.81. The number of aromatic nitrogens is 4. The predicted molar refractivity (Wildman–Crippen MR) is 117 cm³/mol. The Kier molecular flexibility index (Phi) is 5.86. The van der Waals surface area contributed by atoms with Crippen LogP contribution in [0.1, 0.15) is 17.2 Å². The van der Waals surface area contributed by atoms with Crippen molar-refractivity contribution in [2.45, 2.75) is 12.2 Å². The van der Waals surface area contributed by atoms with Crippen LogP contribution in [0.2, 0.25) is 5.02 Å². The topological polar surface area (TPSA) is 95.6 Å². The molecular weight excluding hydrogens is 441 g/mol. The molecule has 0 saturated heterocycles. The van der Waals surface area contributed by atoms with E-state index in [2.05, 4.69) is 15.1 Å². The Morgan fingerprint density at radius 3 is 2.28 bits per heavy atom. The van der Waals surface area contributed by atoms with Gasteiger partial charge in [0.2, 0.25) is 0 Å². The summed E-state index contributed by atoms with van der Waals surface area (Å²) in [6.45, 7) is 0.141. The highest BCUT2D eigenvalue weighted by Gasteiger charge is 2.30. The van der Waals surface area contributed by atoms with Gasteiger partial charge in [-0.1, -0.05) is 35.9 Å². The summed E-state index contributed by atoms with van der Waals surface area (Å²) < 4.78 is 40.2. The minimum atomic E-state index is -4.40. The molecule has 1 atom stereocenters. The van der Waals surface area contributed by atoms with E-state index in [1.807, 2.05) is 12.1 Å². The molecular formula is C22H18ClF3N6. The van der Waals surface area contributed by atoms with Gasteiger partial charge in [0, 0.05) is 23.3 Å². The highest BCUT2D eigenvalue weighted by Crippen LogP contribution is 2.35. The molecule has 4 aromatic rings. The summed E-state index contributed by atoms with van der Waals surface area (Å²) in [5, 5.41) is 4.97. The Bertz CT molecular complexity index is 1220. The van der Waals surface area contributed by atoms with Crippen molar-refractivity contribution in [2.24, 2.45) is 5.73 Å². The molecule has 0 saturated carbocycles. The molecule has 10 heteroatoms. The fourth-order valence-corrected chi connectivity index (χ4v) is 3.57. The summed E-state index contributed by atoms with van der Waals surface area (Å²) >= 11 is 5.99. The molecule has 164 valence electrons. The van der Waals surface area contributed by atoms with Crippen molar-refractivity contribution in [3.8, 4) is 22.4 Å². The number of rotatable bonds is 5. The van der Waals surface area contributed by atoms with Crippen molar-refractivity contribution in [1.82, 2.24) is 19.7 Å². The third-order valence-electron chi connectivity index (χ3n) is 5.05. The van der Waals surface area contributed by atoms with E-state index < -0.39 is 17.8 Å². The Morgan fingerprint density at radius 1 is 0.969 bits per heavy atom. The van der Waals surface area contributed by atoms with Gasteiger partial charge >= 0.3 is 6.18 Å². The van der Waals surface area contributed by atoms with Gasteiger partial charge in [-0.25, -0.2) is 9.97 Å². The van der Waals surface area contributed by atoms with E-state index in [-0.39, 0.29) is 6.54 Å². The van der Waals surface area contributed by atoms with Gasteiger partial charge in [-0.15, -0.1) is 0 Å². The second-order valence-electron chi connectivity index (χ2n) is 7.07. The first-order valence-corrected chi connectivity index (χ1v) is 9.94. The smallest absolute Gasteiger partial charge is 0.383 e. The third kappa shape index (κ3) is 4.30. The molecule has 0 aliphatic rings. The fourth-order valence-electron chi connectivity index (χ4n) is 3.44. The van der Waals surface area contributed by atoms with Crippen molar-refractivity contribution in [2.75, 3.05) is 12.3 Å². The quantitative estimate of drug-likeness (QED) is 0.447. The number of hydrogen-bond donors (Lipinski definition) is 2. The molecule has 4 N–H and O–H groups in total. The number of alkyl halides is 3. The van der Waals surface area contributed by atoms with Crippen LogP contribution < -0.4 is 11.5 Å². The monoisotopic (exact) mass is 458 g/mol. The van der Waals surface area contributed by atoms with Gasteiger partial charge in [-0.3, -0.25) is 4.68 Å². The van der Waals surface area contributed by atoms with E-state index in [4.69, 9.17) is 23.1 Å². The second-order valence-corrected chi connectivity index (χ2v) is 7.51. The Morgan fingerprint density at radius 2 is 1.66 bits per heavy atom. The summed E-state index contributed by atoms with van der Waals surface area (Å²) in [5.41, 5.74) is 14.6. The third-order valence-corrected chi connectivity index (χ3v) is 5.30. The van der Waals surface area contributed by atoms with Gasteiger partial charge in [0.05, 0.1) is 29.1 Å². The number of anilines is 1. The molecule has 0 fully saturated rings. The molecule has 2 aromatic heterocycles. The maximum Gasteiger partial charge on any atom is 0.416 e. The highest BCUT2D eigenvalue weighted by atomic mass is 35.5. The van der Waals surface area contributed by atoms with E-state index in [0.29, 0.717) is 33.2 Å². The average Bonchev–Trinajstić information content (AvgIpc) is 3.24. The van der Waals surface area contributed by atoms with Crippen LogP contribution in [0, 0.1) is 0 Å². The summed E-state index contributed by atoms with van der Waals surface area (Å²) in [7, 11) is 0. The maximum absolute atomic E-state index is 12.9. The van der Waals surface area contributed by atoms with Crippen molar-refractivity contribution in [3.63, 3.8) is 0 Å². The summed E-state index contributed by atoms with van der Waals surface area (Å²) in [6.07, 6.45) is 0.294. The largest absolute Gasteiger partial charge is 0.416 e. The Balaban J connectivity index is 1.71. The van der Waals surface area contributed by atoms with Gasteiger partial charge in [0.25, 0.3) is 0 Å². The van der Waals surface area contributed by atoms with Gasteiger partial charge < -0.3 is 11.5 Å². The van der Waals surface area contributed by atoms with Crippen LogP contribution in [0.15, 0.2) is 67.3 Å². The lowest BCUT2D eigenvalue weighted by atomic mass is 10.0. The zero-order valence-corrected chi connectivity index (χ0v) is 17.3. The molecule has 4 rings (SSSR count). The molecule has 6 nitrogen and oxygen atoms in total. The Hall–Kier alpha value is -3.43. The fraction of sp³-hybridized carbons (Fsp3) is 0.136.